The lowest BCUT2D eigenvalue weighted by Gasteiger charge is -2.04. The van der Waals surface area contributed by atoms with E-state index in [1.165, 1.54) is 0 Å². The second-order valence-corrected chi connectivity index (χ2v) is 6.87. The zero-order valence-corrected chi connectivity index (χ0v) is 9.56. The highest BCUT2D eigenvalue weighted by atomic mass is 32.5. The lowest BCUT2D eigenvalue weighted by Crippen LogP contribution is -2.22. The summed E-state index contributed by atoms with van der Waals surface area (Å²) in [4.78, 5) is 25.9. The van der Waals surface area contributed by atoms with E-state index in [2.05, 4.69) is 10.6 Å². The van der Waals surface area contributed by atoms with Crippen molar-refractivity contribution in [2.75, 3.05) is 32.4 Å². The average Bonchev–Trinajstić information content (AvgIpc) is 2.01. The maximum Gasteiger partial charge on any atom is 0.274 e. The van der Waals surface area contributed by atoms with Crippen LogP contribution >= 0.6 is 6.72 Å². The summed E-state index contributed by atoms with van der Waals surface area (Å²) in [5.41, 5.74) is 0. The lowest BCUT2D eigenvalue weighted by molar-refractivity contribution is 0.363. The first-order chi connectivity index (χ1) is 6.06. The van der Waals surface area contributed by atoms with Gasteiger partial charge in [0.2, 0.25) is 0 Å². The molecular weight excluding hydrogens is 211 g/mol. The molecule has 7 heteroatoms. The SMILES string of the molecule is CNCCCNCC[SH]=P(O)(O)O. The molecule has 13 heavy (non-hydrogen) atoms. The van der Waals surface area contributed by atoms with E-state index in [0.29, 0.717) is 23.2 Å². The van der Waals surface area contributed by atoms with E-state index < -0.39 is 6.72 Å². The summed E-state index contributed by atoms with van der Waals surface area (Å²) in [7, 11) is 2.23. The van der Waals surface area contributed by atoms with Gasteiger partial charge in [-0.05, 0) is 26.6 Å². The molecule has 0 unspecified atom stereocenters. The Kier molecular flexibility index (Phi) is 8.29. The molecule has 0 heterocycles. The van der Waals surface area contributed by atoms with E-state index in [0.717, 1.165) is 19.5 Å². The first-order valence-electron chi connectivity index (χ1n) is 4.18. The molecule has 0 aliphatic heterocycles. The van der Waals surface area contributed by atoms with Crippen LogP contribution in [0, 0.1) is 0 Å². The van der Waals surface area contributed by atoms with Crippen LogP contribution in [0.1, 0.15) is 6.42 Å². The van der Waals surface area contributed by atoms with E-state index in [1.807, 2.05) is 7.05 Å². The van der Waals surface area contributed by atoms with Crippen LogP contribution in [-0.4, -0.2) is 47.1 Å². The third-order valence-electron chi connectivity index (χ3n) is 1.36. The first-order valence-corrected chi connectivity index (χ1v) is 7.61. The smallest absolute Gasteiger partial charge is 0.274 e. The second-order valence-electron chi connectivity index (χ2n) is 2.61. The monoisotopic (exact) mass is 230 g/mol. The summed E-state index contributed by atoms with van der Waals surface area (Å²) in [6.45, 7) is -0.973. The Labute approximate surface area is 82.4 Å². The maximum atomic E-state index is 8.63. The molecule has 0 aromatic rings. The molecule has 0 aliphatic carbocycles. The van der Waals surface area contributed by atoms with E-state index in [-0.39, 0.29) is 0 Å². The van der Waals surface area contributed by atoms with Gasteiger partial charge in [0.1, 0.15) is 0 Å². The lowest BCUT2D eigenvalue weighted by atomic mass is 10.4. The number of hydrogen-bond donors (Lipinski definition) is 6. The highest BCUT2D eigenvalue weighted by molar-refractivity contribution is 8.16. The molecule has 0 bridgehead atoms. The molecule has 0 aliphatic rings. The standard InChI is InChI=1S/C6H19N2O3PS/c1-7-3-2-4-8-5-6-13-12(9,10)11/h7-11,13H,2-6H2,1H3. The minimum atomic E-state index is -3.56. The molecule has 0 spiro atoms. The largest absolute Gasteiger partial charge is 0.329 e. The highest BCUT2D eigenvalue weighted by Gasteiger charge is 1.98. The predicted octanol–water partition coefficient (Wildman–Crippen LogP) is -1.35. The van der Waals surface area contributed by atoms with Gasteiger partial charge in [-0.15, -0.1) is 10.9 Å². The fourth-order valence-corrected chi connectivity index (χ4v) is 2.41. The van der Waals surface area contributed by atoms with Crippen molar-refractivity contribution in [2.45, 2.75) is 6.42 Å². The van der Waals surface area contributed by atoms with Gasteiger partial charge in [0.05, 0.1) is 0 Å². The van der Waals surface area contributed by atoms with Crippen molar-refractivity contribution in [3.05, 3.63) is 0 Å². The topological polar surface area (TPSA) is 84.8 Å². The normalized spacial score (nSPS) is 12.0. The fourth-order valence-electron chi connectivity index (χ4n) is 0.778. The van der Waals surface area contributed by atoms with Gasteiger partial charge in [0, 0.05) is 12.3 Å². The summed E-state index contributed by atoms with van der Waals surface area (Å²) >= 11 is 0. The second kappa shape index (κ2) is 7.94. The molecule has 0 aromatic carbocycles. The molecule has 0 saturated carbocycles. The molecule has 5 nitrogen and oxygen atoms in total. The highest BCUT2D eigenvalue weighted by Crippen LogP contribution is 2.30. The maximum absolute atomic E-state index is 8.63. The van der Waals surface area contributed by atoms with E-state index in [4.69, 9.17) is 14.7 Å². The Morgan fingerprint density at radius 2 is 1.85 bits per heavy atom. The quantitative estimate of drug-likeness (QED) is 0.185. The zero-order valence-electron chi connectivity index (χ0n) is 7.77. The van der Waals surface area contributed by atoms with Crippen LogP contribution in [0.25, 0.3) is 0 Å². The molecule has 5 N–H and O–H groups in total. The molecule has 0 amide bonds. The summed E-state index contributed by atoms with van der Waals surface area (Å²) in [6, 6.07) is 0. The summed E-state index contributed by atoms with van der Waals surface area (Å²) in [5.74, 6) is 0.566. The van der Waals surface area contributed by atoms with Crippen molar-refractivity contribution in [3.8, 4) is 0 Å². The van der Waals surface area contributed by atoms with Crippen molar-refractivity contribution in [3.63, 3.8) is 0 Å². The Hall–Kier alpha value is 0.580. The van der Waals surface area contributed by atoms with Crippen molar-refractivity contribution in [1.29, 1.82) is 0 Å². The van der Waals surface area contributed by atoms with Crippen LogP contribution in [0.3, 0.4) is 0 Å². The van der Waals surface area contributed by atoms with Crippen LogP contribution in [0.2, 0.25) is 0 Å². The molecule has 0 rings (SSSR count). The molecule has 82 valence electrons. The van der Waals surface area contributed by atoms with Gasteiger partial charge in [-0.3, -0.25) is 0 Å². The van der Waals surface area contributed by atoms with Crippen LogP contribution in [-0.2, 0) is 10.9 Å². The molecule has 0 atom stereocenters. The third kappa shape index (κ3) is 12.6. The Morgan fingerprint density at radius 3 is 2.38 bits per heavy atom. The van der Waals surface area contributed by atoms with Crippen molar-refractivity contribution in [2.24, 2.45) is 0 Å². The van der Waals surface area contributed by atoms with E-state index in [1.54, 1.807) is 0 Å². The average molecular weight is 230 g/mol. The number of nitrogens with one attached hydrogen (secondary N) is 2. The van der Waals surface area contributed by atoms with E-state index in [9.17, 15) is 0 Å². The van der Waals surface area contributed by atoms with Crippen LogP contribution < -0.4 is 10.6 Å². The summed E-state index contributed by atoms with van der Waals surface area (Å²) < 4.78 is 0. The molecule has 0 fully saturated rings. The molecule has 0 radical (unpaired) electrons. The van der Waals surface area contributed by atoms with Gasteiger partial charge in [0.15, 0.2) is 0 Å². The van der Waals surface area contributed by atoms with Crippen LogP contribution in [0.4, 0.5) is 0 Å². The van der Waals surface area contributed by atoms with Crippen molar-refractivity contribution < 1.29 is 14.7 Å². The zero-order chi connectivity index (χ0) is 10.2. The number of hydrogen-bond acceptors (Lipinski definition) is 2. The minimum Gasteiger partial charge on any atom is -0.329 e. The number of thiol groups is 1. The summed E-state index contributed by atoms with van der Waals surface area (Å²) in [6.07, 6.45) is 1.05. The van der Waals surface area contributed by atoms with Crippen LogP contribution in [0.5, 0.6) is 0 Å². The van der Waals surface area contributed by atoms with Gasteiger partial charge in [0.25, 0.3) is 6.72 Å². The van der Waals surface area contributed by atoms with Gasteiger partial charge >= 0.3 is 0 Å². The van der Waals surface area contributed by atoms with Crippen molar-refractivity contribution in [1.82, 2.24) is 10.6 Å². The van der Waals surface area contributed by atoms with Crippen LogP contribution in [0.15, 0.2) is 0 Å². The van der Waals surface area contributed by atoms with Crippen molar-refractivity contribution >= 4 is 17.7 Å². The predicted molar refractivity (Wildman–Crippen MR) is 58.6 cm³/mol. The Morgan fingerprint density at radius 1 is 1.15 bits per heavy atom. The Balaban J connectivity index is 3.18. The molecular formula is C6H19N2O3PS. The molecule has 0 saturated heterocycles. The van der Waals surface area contributed by atoms with Gasteiger partial charge in [-0.2, -0.15) is 0 Å². The first kappa shape index (κ1) is 13.6. The number of rotatable bonds is 7. The molecule has 0 aromatic heterocycles. The van der Waals surface area contributed by atoms with Gasteiger partial charge < -0.3 is 25.3 Å². The van der Waals surface area contributed by atoms with E-state index >= 15 is 0 Å². The third-order valence-corrected chi connectivity index (χ3v) is 3.90. The fraction of sp³-hybridized carbons (Fsp3) is 1.00. The van der Waals surface area contributed by atoms with Gasteiger partial charge in [-0.25, -0.2) is 0 Å². The summed E-state index contributed by atoms with van der Waals surface area (Å²) in [5, 5.41) is 6.16. The minimum absolute atomic E-state index is 0.325. The Bertz CT molecular complexity index is 165. The van der Waals surface area contributed by atoms with Gasteiger partial charge in [-0.1, -0.05) is 0 Å².